The highest BCUT2D eigenvalue weighted by Crippen LogP contribution is 2.60. The van der Waals surface area contributed by atoms with Crippen molar-refractivity contribution >= 4 is 6.09 Å². The Balaban J connectivity index is 2.20. The third kappa shape index (κ3) is 2.03. The Bertz CT molecular complexity index is 387. The van der Waals surface area contributed by atoms with Crippen molar-refractivity contribution in [3.63, 3.8) is 0 Å². The maximum Gasteiger partial charge on any atom is 0.408 e. The molecule has 0 radical (unpaired) electrons. The first kappa shape index (κ1) is 14.6. The average molecular weight is 271 g/mol. The molecule has 0 aromatic heterocycles. The summed E-state index contributed by atoms with van der Waals surface area (Å²) in [5.74, 6) is 0.0115. The number of hydrogen-bond donors (Lipinski definition) is 3. The van der Waals surface area contributed by atoms with Crippen molar-refractivity contribution in [3.05, 3.63) is 0 Å². The molecule has 2 bridgehead atoms. The molecule has 0 aromatic carbocycles. The fraction of sp³-hybridized carbons (Fsp3) is 0.929. The van der Waals surface area contributed by atoms with Crippen LogP contribution < -0.4 is 5.32 Å². The van der Waals surface area contributed by atoms with Crippen molar-refractivity contribution in [1.82, 2.24) is 5.32 Å². The molecule has 5 heteroatoms. The first-order chi connectivity index (χ1) is 8.51. The summed E-state index contributed by atoms with van der Waals surface area (Å²) in [6, 6.07) is 0. The van der Waals surface area contributed by atoms with E-state index >= 15 is 0 Å². The molecule has 1 amide bonds. The van der Waals surface area contributed by atoms with Crippen LogP contribution >= 0.6 is 0 Å². The molecule has 2 aliphatic carbocycles. The van der Waals surface area contributed by atoms with Gasteiger partial charge in [0.05, 0.1) is 11.6 Å². The van der Waals surface area contributed by atoms with Gasteiger partial charge >= 0.3 is 6.09 Å². The van der Waals surface area contributed by atoms with E-state index in [0.717, 1.165) is 6.42 Å². The van der Waals surface area contributed by atoms with Crippen molar-refractivity contribution < 1.29 is 19.7 Å². The van der Waals surface area contributed by atoms with Crippen LogP contribution in [0.1, 0.15) is 47.5 Å². The monoisotopic (exact) mass is 271 g/mol. The first-order valence-electron chi connectivity index (χ1n) is 6.88. The standard InChI is InChI=1S/C14H25NO4/c1-12(2,3)19-11(18)15-14-7-6-8(13(14,4)5)9(16)10(14)17/h8-10,16-17H,6-7H2,1-5H3,(H,15,18)/t8-,9+,10-,14+/m0/s1. The van der Waals surface area contributed by atoms with Crippen molar-refractivity contribution in [1.29, 1.82) is 0 Å². The maximum atomic E-state index is 12.0. The van der Waals surface area contributed by atoms with Gasteiger partial charge in [-0.05, 0) is 44.9 Å². The normalized spacial score (nSPS) is 40.3. The molecule has 0 aliphatic heterocycles. The number of aliphatic hydroxyl groups excluding tert-OH is 2. The van der Waals surface area contributed by atoms with E-state index in [1.807, 2.05) is 13.8 Å². The molecular weight excluding hydrogens is 246 g/mol. The highest BCUT2D eigenvalue weighted by atomic mass is 16.6. The van der Waals surface area contributed by atoms with Crippen LogP contribution in [0.15, 0.2) is 0 Å². The molecule has 3 N–H and O–H groups in total. The smallest absolute Gasteiger partial charge is 0.408 e. The van der Waals surface area contributed by atoms with E-state index in [4.69, 9.17) is 4.74 Å². The van der Waals surface area contributed by atoms with Crippen LogP contribution in [0.25, 0.3) is 0 Å². The van der Waals surface area contributed by atoms with Gasteiger partial charge in [0.2, 0.25) is 0 Å². The lowest BCUT2D eigenvalue weighted by Gasteiger charge is -2.41. The molecule has 2 aliphatic rings. The van der Waals surface area contributed by atoms with Gasteiger partial charge in [0.25, 0.3) is 0 Å². The average Bonchev–Trinajstić information content (AvgIpc) is 2.51. The summed E-state index contributed by atoms with van der Waals surface area (Å²) in [6.45, 7) is 9.37. The number of carbonyl (C=O) groups excluding carboxylic acids is 1. The summed E-state index contributed by atoms with van der Waals surface area (Å²) in [5.41, 5.74) is -1.72. The topological polar surface area (TPSA) is 78.8 Å². The third-order valence-electron chi connectivity index (χ3n) is 4.89. The summed E-state index contributed by atoms with van der Waals surface area (Å²) in [7, 11) is 0. The van der Waals surface area contributed by atoms with E-state index in [1.165, 1.54) is 0 Å². The fourth-order valence-corrected chi connectivity index (χ4v) is 3.82. The number of hydrogen-bond acceptors (Lipinski definition) is 4. The van der Waals surface area contributed by atoms with Crippen LogP contribution in [0, 0.1) is 11.3 Å². The maximum absolute atomic E-state index is 12.0. The number of fused-ring (bicyclic) bond motifs is 2. The number of nitrogens with one attached hydrogen (secondary N) is 1. The number of carbonyl (C=O) groups is 1. The van der Waals surface area contributed by atoms with Gasteiger partial charge in [-0.2, -0.15) is 0 Å². The van der Waals surface area contributed by atoms with E-state index in [1.54, 1.807) is 20.8 Å². The lowest BCUT2D eigenvalue weighted by Crippen LogP contribution is -2.61. The summed E-state index contributed by atoms with van der Waals surface area (Å²) in [4.78, 5) is 12.0. The second-order valence-electron chi connectivity index (χ2n) is 7.40. The molecule has 0 saturated heterocycles. The van der Waals surface area contributed by atoms with Gasteiger partial charge in [0.15, 0.2) is 0 Å². The zero-order valence-electron chi connectivity index (χ0n) is 12.4. The van der Waals surface area contributed by atoms with Gasteiger partial charge in [0.1, 0.15) is 11.7 Å². The summed E-state index contributed by atoms with van der Waals surface area (Å²) >= 11 is 0. The predicted octanol–water partition coefficient (Wildman–Crippen LogP) is 1.42. The number of aliphatic hydroxyl groups is 2. The minimum absolute atomic E-state index is 0.0115. The molecule has 2 saturated carbocycles. The van der Waals surface area contributed by atoms with E-state index in [2.05, 4.69) is 5.32 Å². The Morgan fingerprint density at radius 2 is 1.89 bits per heavy atom. The molecule has 0 unspecified atom stereocenters. The number of ether oxygens (including phenoxy) is 1. The molecule has 0 heterocycles. The third-order valence-corrected chi connectivity index (χ3v) is 4.89. The first-order valence-corrected chi connectivity index (χ1v) is 6.88. The van der Waals surface area contributed by atoms with Gasteiger partial charge in [-0.25, -0.2) is 4.79 Å². The largest absolute Gasteiger partial charge is 0.444 e. The van der Waals surface area contributed by atoms with Crippen molar-refractivity contribution in [3.8, 4) is 0 Å². The van der Waals surface area contributed by atoms with Crippen LogP contribution in [-0.2, 0) is 4.74 Å². The van der Waals surface area contributed by atoms with Crippen molar-refractivity contribution in [2.75, 3.05) is 0 Å². The second-order valence-corrected chi connectivity index (χ2v) is 7.40. The van der Waals surface area contributed by atoms with Crippen LogP contribution in [0.5, 0.6) is 0 Å². The fourth-order valence-electron chi connectivity index (χ4n) is 3.82. The SMILES string of the molecule is CC(C)(C)OC(=O)N[C@]12CC[C@@H]([C@@H](O)[C@@H]1O)C2(C)C. The molecule has 110 valence electrons. The lowest BCUT2D eigenvalue weighted by atomic mass is 9.75. The Hall–Kier alpha value is -0.810. The Labute approximate surface area is 114 Å². The Kier molecular flexibility index (Phi) is 3.14. The highest BCUT2D eigenvalue weighted by molar-refractivity contribution is 5.69. The quantitative estimate of drug-likeness (QED) is 0.674. The molecule has 5 nitrogen and oxygen atoms in total. The van der Waals surface area contributed by atoms with Gasteiger partial charge in [-0.1, -0.05) is 13.8 Å². The minimum atomic E-state index is -0.936. The van der Waals surface area contributed by atoms with Crippen molar-refractivity contribution in [2.45, 2.75) is 70.8 Å². The molecule has 19 heavy (non-hydrogen) atoms. The molecule has 0 spiro atoms. The van der Waals surface area contributed by atoms with Crippen molar-refractivity contribution in [2.24, 2.45) is 11.3 Å². The second kappa shape index (κ2) is 4.09. The van der Waals surface area contributed by atoms with Gasteiger partial charge < -0.3 is 20.3 Å². The van der Waals surface area contributed by atoms with Gasteiger partial charge in [0, 0.05) is 0 Å². The molecule has 0 aromatic rings. The summed E-state index contributed by atoms with van der Waals surface area (Å²) in [5, 5.41) is 23.2. The van der Waals surface area contributed by atoms with E-state index in [0.29, 0.717) is 6.42 Å². The lowest BCUT2D eigenvalue weighted by molar-refractivity contribution is -0.0392. The minimum Gasteiger partial charge on any atom is -0.444 e. The molecule has 2 rings (SSSR count). The van der Waals surface area contributed by atoms with Gasteiger partial charge in [-0.3, -0.25) is 0 Å². The van der Waals surface area contributed by atoms with Crippen LogP contribution in [0.3, 0.4) is 0 Å². The number of amides is 1. The summed E-state index contributed by atoms with van der Waals surface area (Å²) < 4.78 is 5.28. The Morgan fingerprint density at radius 1 is 1.32 bits per heavy atom. The van der Waals surface area contributed by atoms with Crippen LogP contribution in [0.2, 0.25) is 0 Å². The zero-order valence-corrected chi connectivity index (χ0v) is 12.4. The van der Waals surface area contributed by atoms with E-state index in [9.17, 15) is 15.0 Å². The van der Waals surface area contributed by atoms with Gasteiger partial charge in [-0.15, -0.1) is 0 Å². The van der Waals surface area contributed by atoms with Crippen LogP contribution in [-0.4, -0.2) is 39.7 Å². The zero-order chi connectivity index (χ0) is 14.6. The number of rotatable bonds is 1. The highest BCUT2D eigenvalue weighted by Gasteiger charge is 2.69. The molecule has 4 atom stereocenters. The molecule has 2 fully saturated rings. The predicted molar refractivity (Wildman–Crippen MR) is 70.6 cm³/mol. The van der Waals surface area contributed by atoms with E-state index in [-0.39, 0.29) is 11.3 Å². The summed E-state index contributed by atoms with van der Waals surface area (Å²) in [6.07, 6.45) is -0.773. The van der Waals surface area contributed by atoms with Crippen LogP contribution in [0.4, 0.5) is 4.79 Å². The molecular formula is C14H25NO4. The number of alkyl carbamates (subject to hydrolysis) is 1. The van der Waals surface area contributed by atoms with E-state index < -0.39 is 29.4 Å². The Morgan fingerprint density at radius 3 is 2.32 bits per heavy atom.